The predicted octanol–water partition coefficient (Wildman–Crippen LogP) is 3.40. The number of alkyl halides is 2. The second-order valence-corrected chi connectivity index (χ2v) is 3.79. The molecule has 80 valence electrons. The van der Waals surface area contributed by atoms with E-state index in [1.165, 1.54) is 13.0 Å². The third-order valence-electron chi connectivity index (χ3n) is 1.91. The first kappa shape index (κ1) is 12.0. The lowest BCUT2D eigenvalue weighted by Gasteiger charge is -2.08. The van der Waals surface area contributed by atoms with Gasteiger partial charge in [0, 0.05) is 21.2 Å². The molecule has 2 nitrogen and oxygen atoms in total. The van der Waals surface area contributed by atoms with Crippen LogP contribution in [0.3, 0.4) is 0 Å². The Morgan fingerprint density at radius 3 is 2.47 bits per heavy atom. The van der Waals surface area contributed by atoms with Crippen LogP contribution in [0.5, 0.6) is 0 Å². The first-order valence-corrected chi connectivity index (χ1v) is 4.84. The highest BCUT2D eigenvalue weighted by Crippen LogP contribution is 2.28. The van der Waals surface area contributed by atoms with E-state index in [1.807, 2.05) is 0 Å². The van der Waals surface area contributed by atoms with Gasteiger partial charge in [-0.05, 0) is 19.1 Å². The quantitative estimate of drug-likeness (QED) is 0.626. The number of carbonyl (C=O) groups excluding carboxylic acids is 2. The number of rotatable bonds is 3. The van der Waals surface area contributed by atoms with Crippen molar-refractivity contribution in [3.8, 4) is 0 Å². The second kappa shape index (κ2) is 4.61. The Labute approximate surface area is 93.4 Å². The molecule has 0 bridgehead atoms. The number of halogens is 3. The predicted molar refractivity (Wildman–Crippen MR) is 54.5 cm³/mol. The molecule has 0 aliphatic rings. The summed E-state index contributed by atoms with van der Waals surface area (Å²) in [7, 11) is 0. The fraction of sp³-hybridized carbons (Fsp3) is 0.200. The minimum atomic E-state index is -2.77. The Bertz CT molecular complexity index is 416. The standard InChI is InChI=1S/C10H7BrF2O2/c1-5(15)7-3-9(11)6(4-14)2-8(7)10(12)13/h2-4,10H,1H3. The van der Waals surface area contributed by atoms with Gasteiger partial charge in [0.2, 0.25) is 0 Å². The van der Waals surface area contributed by atoms with E-state index in [0.29, 0.717) is 10.8 Å². The number of hydrogen-bond donors (Lipinski definition) is 0. The molecule has 0 fully saturated rings. The van der Waals surface area contributed by atoms with Gasteiger partial charge in [-0.2, -0.15) is 0 Å². The second-order valence-electron chi connectivity index (χ2n) is 2.94. The van der Waals surface area contributed by atoms with Crippen molar-refractivity contribution < 1.29 is 18.4 Å². The molecule has 0 aliphatic carbocycles. The Morgan fingerprint density at radius 1 is 1.47 bits per heavy atom. The lowest BCUT2D eigenvalue weighted by molar-refractivity contribution is 0.0997. The molecule has 1 aromatic rings. The summed E-state index contributed by atoms with van der Waals surface area (Å²) in [6, 6.07) is 2.27. The average Bonchev–Trinajstić information content (AvgIpc) is 2.16. The van der Waals surface area contributed by atoms with E-state index in [9.17, 15) is 18.4 Å². The molecule has 0 saturated carbocycles. The molecular formula is C10H7BrF2O2. The van der Waals surface area contributed by atoms with Gasteiger partial charge in [-0.15, -0.1) is 0 Å². The monoisotopic (exact) mass is 276 g/mol. The van der Waals surface area contributed by atoms with Gasteiger partial charge in [-0.3, -0.25) is 9.59 Å². The molecule has 0 unspecified atom stereocenters. The Kier molecular flexibility index (Phi) is 3.68. The van der Waals surface area contributed by atoms with Crippen LogP contribution in [0.25, 0.3) is 0 Å². The van der Waals surface area contributed by atoms with Crippen LogP contribution in [0.4, 0.5) is 8.78 Å². The molecule has 0 N–H and O–H groups in total. The molecule has 0 saturated heterocycles. The van der Waals surface area contributed by atoms with E-state index in [1.54, 1.807) is 0 Å². The van der Waals surface area contributed by atoms with E-state index in [2.05, 4.69) is 15.9 Å². The number of benzene rings is 1. The zero-order chi connectivity index (χ0) is 11.6. The number of ketones is 1. The summed E-state index contributed by atoms with van der Waals surface area (Å²) < 4.78 is 25.4. The van der Waals surface area contributed by atoms with Gasteiger partial charge < -0.3 is 0 Å². The van der Waals surface area contributed by atoms with Crippen molar-refractivity contribution in [1.29, 1.82) is 0 Å². The fourth-order valence-electron chi connectivity index (χ4n) is 1.18. The highest BCUT2D eigenvalue weighted by Gasteiger charge is 2.18. The van der Waals surface area contributed by atoms with E-state index in [0.717, 1.165) is 6.07 Å². The van der Waals surface area contributed by atoms with Crippen LogP contribution in [0.15, 0.2) is 16.6 Å². The summed E-state index contributed by atoms with van der Waals surface area (Å²) in [6.45, 7) is 1.20. The maximum atomic E-state index is 12.6. The third-order valence-corrected chi connectivity index (χ3v) is 2.60. The molecule has 0 heterocycles. The van der Waals surface area contributed by atoms with Crippen LogP contribution in [-0.2, 0) is 0 Å². The van der Waals surface area contributed by atoms with Gasteiger partial charge >= 0.3 is 0 Å². The Hall–Kier alpha value is -1.10. The number of carbonyl (C=O) groups is 2. The molecule has 1 aromatic carbocycles. The first-order valence-electron chi connectivity index (χ1n) is 4.05. The summed E-state index contributed by atoms with van der Waals surface area (Å²) in [4.78, 5) is 21.6. The first-order chi connectivity index (χ1) is 6.97. The maximum Gasteiger partial charge on any atom is 0.264 e. The zero-order valence-electron chi connectivity index (χ0n) is 7.76. The van der Waals surface area contributed by atoms with Crippen molar-refractivity contribution in [2.24, 2.45) is 0 Å². The highest BCUT2D eigenvalue weighted by molar-refractivity contribution is 9.10. The lowest BCUT2D eigenvalue weighted by atomic mass is 10.0. The Balaban J connectivity index is 3.45. The van der Waals surface area contributed by atoms with Crippen LogP contribution < -0.4 is 0 Å². The van der Waals surface area contributed by atoms with E-state index in [4.69, 9.17) is 0 Å². The van der Waals surface area contributed by atoms with Crippen molar-refractivity contribution in [2.75, 3.05) is 0 Å². The summed E-state index contributed by atoms with van der Waals surface area (Å²) >= 11 is 3.03. The van der Waals surface area contributed by atoms with E-state index in [-0.39, 0.29) is 11.1 Å². The van der Waals surface area contributed by atoms with Gasteiger partial charge in [0.25, 0.3) is 6.43 Å². The summed E-state index contributed by atoms with van der Waals surface area (Å²) in [5.74, 6) is -0.455. The molecule has 1 rings (SSSR count). The molecule has 0 aliphatic heterocycles. The molecule has 15 heavy (non-hydrogen) atoms. The molecule has 0 spiro atoms. The largest absolute Gasteiger partial charge is 0.298 e. The van der Waals surface area contributed by atoms with Crippen molar-refractivity contribution in [2.45, 2.75) is 13.3 Å². The normalized spacial score (nSPS) is 10.5. The van der Waals surface area contributed by atoms with E-state index < -0.39 is 17.8 Å². The molecule has 0 radical (unpaired) electrons. The summed E-state index contributed by atoms with van der Waals surface area (Å²) in [5, 5.41) is 0. The van der Waals surface area contributed by atoms with E-state index >= 15 is 0 Å². The van der Waals surface area contributed by atoms with Crippen molar-refractivity contribution in [1.82, 2.24) is 0 Å². The van der Waals surface area contributed by atoms with Crippen LogP contribution >= 0.6 is 15.9 Å². The Morgan fingerprint density at radius 2 is 2.07 bits per heavy atom. The summed E-state index contributed by atoms with van der Waals surface area (Å²) in [6.07, 6.45) is -2.31. The van der Waals surface area contributed by atoms with Gasteiger partial charge in [0.1, 0.15) is 0 Å². The lowest BCUT2D eigenvalue weighted by Crippen LogP contribution is -2.02. The third kappa shape index (κ3) is 2.47. The number of Topliss-reactive ketones (excluding diaryl/α,β-unsaturated/α-hetero) is 1. The summed E-state index contributed by atoms with van der Waals surface area (Å²) in [5.41, 5.74) is -0.370. The minimum absolute atomic E-state index is 0.0672. The van der Waals surface area contributed by atoms with Crippen LogP contribution in [-0.4, -0.2) is 12.1 Å². The molecule has 5 heteroatoms. The molecular weight excluding hydrogens is 270 g/mol. The van der Waals surface area contributed by atoms with Gasteiger partial charge in [0.15, 0.2) is 12.1 Å². The van der Waals surface area contributed by atoms with Gasteiger partial charge in [-0.25, -0.2) is 8.78 Å². The average molecular weight is 277 g/mol. The molecule has 0 aromatic heterocycles. The number of aldehydes is 1. The van der Waals surface area contributed by atoms with Gasteiger partial charge in [-0.1, -0.05) is 15.9 Å². The topological polar surface area (TPSA) is 34.1 Å². The van der Waals surface area contributed by atoms with Gasteiger partial charge in [0.05, 0.1) is 0 Å². The zero-order valence-corrected chi connectivity index (χ0v) is 9.35. The van der Waals surface area contributed by atoms with Crippen LogP contribution in [0, 0.1) is 0 Å². The minimum Gasteiger partial charge on any atom is -0.298 e. The smallest absolute Gasteiger partial charge is 0.264 e. The fourth-order valence-corrected chi connectivity index (χ4v) is 1.62. The van der Waals surface area contributed by atoms with Crippen molar-refractivity contribution in [3.63, 3.8) is 0 Å². The van der Waals surface area contributed by atoms with Crippen LogP contribution in [0.2, 0.25) is 0 Å². The highest BCUT2D eigenvalue weighted by atomic mass is 79.9. The maximum absolute atomic E-state index is 12.6. The molecule has 0 atom stereocenters. The van der Waals surface area contributed by atoms with Crippen molar-refractivity contribution >= 4 is 28.0 Å². The number of hydrogen-bond acceptors (Lipinski definition) is 2. The molecule has 0 amide bonds. The van der Waals surface area contributed by atoms with Crippen LogP contribution in [0.1, 0.15) is 39.6 Å². The SMILES string of the molecule is CC(=O)c1cc(Br)c(C=O)cc1C(F)F. The van der Waals surface area contributed by atoms with Crippen molar-refractivity contribution in [3.05, 3.63) is 33.3 Å².